The van der Waals surface area contributed by atoms with E-state index in [-0.39, 0.29) is 25.9 Å². The lowest BCUT2D eigenvalue weighted by atomic mass is 10.0. The number of carbonyl (C=O) groups is 3. The van der Waals surface area contributed by atoms with Crippen molar-refractivity contribution >= 4 is 25.7 Å². The van der Waals surface area contributed by atoms with E-state index in [2.05, 4.69) is 57.2 Å². The normalized spacial score (nSPS) is 13.5. The van der Waals surface area contributed by atoms with E-state index in [1.165, 1.54) is 167 Å². The zero-order chi connectivity index (χ0) is 55.5. The van der Waals surface area contributed by atoms with E-state index in [1.807, 2.05) is 0 Å². The summed E-state index contributed by atoms with van der Waals surface area (Å²) >= 11 is 0. The Balaban J connectivity index is 4.65. The van der Waals surface area contributed by atoms with Crippen LogP contribution in [0.2, 0.25) is 0 Å². The molecule has 0 aromatic carbocycles. The summed E-state index contributed by atoms with van der Waals surface area (Å²) in [5.74, 6) is -1.45. The van der Waals surface area contributed by atoms with Gasteiger partial charge < -0.3 is 24.2 Å². The summed E-state index contributed by atoms with van der Waals surface area (Å²) in [5, 5.41) is 9.85. The molecule has 0 aliphatic rings. The Morgan fingerprint density at radius 2 is 0.684 bits per heavy atom. The topological polar surface area (TPSA) is 155 Å². The predicted octanol–water partition coefficient (Wildman–Crippen LogP) is 19.2. The second kappa shape index (κ2) is 58.8. The summed E-state index contributed by atoms with van der Waals surface area (Å²) in [7, 11) is -4.75. The highest BCUT2D eigenvalue weighted by atomic mass is 31.2. The molecule has 0 saturated heterocycles. The Morgan fingerprint density at radius 3 is 1.05 bits per heavy atom. The van der Waals surface area contributed by atoms with E-state index in [1.54, 1.807) is 0 Å². The summed E-state index contributed by atoms with van der Waals surface area (Å²) < 4.78 is 39.7. The number of aliphatic hydroxyl groups is 1. The fraction of sp³-hybridized carbons (Fsp3) is 0.859. The molecule has 0 radical (unpaired) electrons. The number of unbranched alkanes of at least 4 members (excludes halogenated alkanes) is 37. The lowest BCUT2D eigenvalue weighted by Crippen LogP contribution is -2.30. The number of rotatable bonds is 60. The van der Waals surface area contributed by atoms with Gasteiger partial charge in [-0.15, -0.1) is 0 Å². The molecule has 446 valence electrons. The average Bonchev–Trinajstić information content (AvgIpc) is 3.41. The molecular weight excluding hydrogens is 976 g/mol. The van der Waals surface area contributed by atoms with Crippen LogP contribution in [0.15, 0.2) is 36.5 Å². The van der Waals surface area contributed by atoms with Crippen LogP contribution < -0.4 is 0 Å². The van der Waals surface area contributed by atoms with Crippen molar-refractivity contribution < 1.29 is 52.2 Å². The number of hydrogen-bond donors (Lipinski definition) is 2. The number of phosphoric ester groups is 1. The van der Waals surface area contributed by atoms with Crippen molar-refractivity contribution in [1.29, 1.82) is 0 Å². The number of ether oxygens (including phenoxy) is 3. The first kappa shape index (κ1) is 73.7. The molecule has 0 heterocycles. The Labute approximate surface area is 467 Å². The van der Waals surface area contributed by atoms with E-state index >= 15 is 0 Å². The molecule has 76 heavy (non-hydrogen) atoms. The van der Waals surface area contributed by atoms with E-state index in [4.69, 9.17) is 23.3 Å². The van der Waals surface area contributed by atoms with Gasteiger partial charge in [0.15, 0.2) is 6.10 Å². The first-order valence-corrected chi connectivity index (χ1v) is 33.4. The van der Waals surface area contributed by atoms with Gasteiger partial charge in [-0.3, -0.25) is 23.4 Å². The highest BCUT2D eigenvalue weighted by Gasteiger charge is 2.28. The number of carbonyl (C=O) groups excluding carboxylic acids is 3. The fourth-order valence-corrected chi connectivity index (χ4v) is 10.0. The number of allylic oxidation sites excluding steroid dienone is 6. The molecule has 0 aliphatic heterocycles. The lowest BCUT2D eigenvalue weighted by molar-refractivity contribution is -0.161. The molecule has 11 nitrogen and oxygen atoms in total. The number of esters is 3. The molecule has 0 bridgehead atoms. The first-order valence-electron chi connectivity index (χ1n) is 31.9. The monoisotopic (exact) mass is 1090 g/mol. The summed E-state index contributed by atoms with van der Waals surface area (Å²) in [6.07, 6.45) is 62.3. The van der Waals surface area contributed by atoms with Crippen molar-refractivity contribution in [2.45, 2.75) is 328 Å². The maximum Gasteiger partial charge on any atom is 0.472 e. The van der Waals surface area contributed by atoms with Gasteiger partial charge in [-0.05, 0) is 51.4 Å². The van der Waals surface area contributed by atoms with Gasteiger partial charge in [-0.1, -0.05) is 282 Å². The third-order valence-electron chi connectivity index (χ3n) is 14.1. The van der Waals surface area contributed by atoms with Crippen LogP contribution >= 0.6 is 7.82 Å². The van der Waals surface area contributed by atoms with Gasteiger partial charge in [0.25, 0.3) is 0 Å². The molecule has 0 aromatic rings. The SMILES string of the molecule is CC/C=C\C/C=C\C/C=C\CCCCCCCCCC(=O)OC(COC(=O)CCCCCCCCCCCCCCCCC)COP(=O)(O)OCC(CO)OC(=O)CCCCCCCCCCCCCCCCCCC. The quantitative estimate of drug-likeness (QED) is 0.0197. The largest absolute Gasteiger partial charge is 0.472 e. The van der Waals surface area contributed by atoms with Crippen molar-refractivity contribution in [2.24, 2.45) is 0 Å². The average molecular weight is 1100 g/mol. The minimum atomic E-state index is -4.75. The molecule has 0 spiro atoms. The number of hydrogen-bond acceptors (Lipinski definition) is 10. The minimum Gasteiger partial charge on any atom is -0.462 e. The maximum atomic E-state index is 12.9. The number of aliphatic hydroxyl groups excluding tert-OH is 1. The Hall–Kier alpha value is -2.30. The van der Waals surface area contributed by atoms with Crippen molar-refractivity contribution in [3.8, 4) is 0 Å². The molecule has 2 N–H and O–H groups in total. The summed E-state index contributed by atoms with van der Waals surface area (Å²) in [6, 6.07) is 0. The van der Waals surface area contributed by atoms with E-state index in [0.717, 1.165) is 89.9 Å². The van der Waals surface area contributed by atoms with Crippen molar-refractivity contribution in [1.82, 2.24) is 0 Å². The van der Waals surface area contributed by atoms with Gasteiger partial charge in [0.05, 0.1) is 19.8 Å². The smallest absolute Gasteiger partial charge is 0.462 e. The van der Waals surface area contributed by atoms with Crippen LogP contribution in [0.25, 0.3) is 0 Å². The van der Waals surface area contributed by atoms with Crippen LogP contribution in [0.1, 0.15) is 316 Å². The lowest BCUT2D eigenvalue weighted by Gasteiger charge is -2.21. The van der Waals surface area contributed by atoms with Crippen LogP contribution in [0.5, 0.6) is 0 Å². The van der Waals surface area contributed by atoms with Gasteiger partial charge in [-0.2, -0.15) is 0 Å². The van der Waals surface area contributed by atoms with Gasteiger partial charge in [0.2, 0.25) is 0 Å². The molecule has 12 heteroatoms. The van der Waals surface area contributed by atoms with Crippen LogP contribution in [0.3, 0.4) is 0 Å². The molecule has 0 rings (SSSR count). The maximum absolute atomic E-state index is 12.9. The molecular formula is C64H119O11P. The minimum absolute atomic E-state index is 0.161. The fourth-order valence-electron chi connectivity index (χ4n) is 9.26. The molecule has 3 atom stereocenters. The van der Waals surface area contributed by atoms with Gasteiger partial charge in [-0.25, -0.2) is 4.57 Å². The second-order valence-electron chi connectivity index (χ2n) is 21.6. The van der Waals surface area contributed by atoms with E-state index in [9.17, 15) is 28.9 Å². The number of phosphoric acid groups is 1. The van der Waals surface area contributed by atoms with Crippen molar-refractivity contribution in [2.75, 3.05) is 26.4 Å². The second-order valence-corrected chi connectivity index (χ2v) is 23.0. The Bertz CT molecular complexity index is 1420. The van der Waals surface area contributed by atoms with Gasteiger partial charge >= 0.3 is 25.7 Å². The third-order valence-corrected chi connectivity index (χ3v) is 15.0. The molecule has 0 aromatic heterocycles. The van der Waals surface area contributed by atoms with Crippen LogP contribution in [-0.4, -0.2) is 66.5 Å². The van der Waals surface area contributed by atoms with E-state index < -0.39 is 57.8 Å². The zero-order valence-electron chi connectivity index (χ0n) is 49.5. The predicted molar refractivity (Wildman–Crippen MR) is 316 cm³/mol. The summed E-state index contributed by atoms with van der Waals surface area (Å²) in [6.45, 7) is 4.60. The van der Waals surface area contributed by atoms with Crippen LogP contribution in [0.4, 0.5) is 0 Å². The Morgan fingerprint density at radius 1 is 0.382 bits per heavy atom. The third kappa shape index (κ3) is 56.4. The molecule has 0 aliphatic carbocycles. The summed E-state index contributed by atoms with van der Waals surface area (Å²) in [5.41, 5.74) is 0. The Kier molecular flexibility index (Phi) is 57.1. The molecule has 0 saturated carbocycles. The molecule has 0 fully saturated rings. The van der Waals surface area contributed by atoms with Crippen molar-refractivity contribution in [3.63, 3.8) is 0 Å². The summed E-state index contributed by atoms with van der Waals surface area (Å²) in [4.78, 5) is 48.7. The molecule has 3 unspecified atom stereocenters. The standard InChI is InChI=1S/C64H119O11P/c1-4-7-10-13-16-19-22-25-28-30-33-36-39-42-45-48-51-54-63(67)74-60(56-65)58-72-76(69,70)73-59-61(57-71-62(66)53-50-47-44-41-38-35-32-27-24-21-18-15-12-9-6-3)75-64(68)55-52-49-46-43-40-37-34-31-29-26-23-20-17-14-11-8-5-2/h8,11,17,20,26,29,60-61,65H,4-7,9-10,12-16,18-19,21-25,27-28,30-59H2,1-3H3,(H,69,70)/b11-8-,20-17-,29-26-. The highest BCUT2D eigenvalue weighted by molar-refractivity contribution is 7.47. The first-order chi connectivity index (χ1) is 37.2. The van der Waals surface area contributed by atoms with E-state index in [0.29, 0.717) is 19.3 Å². The zero-order valence-corrected chi connectivity index (χ0v) is 50.4. The van der Waals surface area contributed by atoms with Crippen LogP contribution in [-0.2, 0) is 42.2 Å². The van der Waals surface area contributed by atoms with Gasteiger partial charge in [0, 0.05) is 19.3 Å². The van der Waals surface area contributed by atoms with Crippen molar-refractivity contribution in [3.05, 3.63) is 36.5 Å². The van der Waals surface area contributed by atoms with Gasteiger partial charge in [0.1, 0.15) is 12.7 Å². The molecule has 0 amide bonds. The van der Waals surface area contributed by atoms with Crippen LogP contribution in [0, 0.1) is 0 Å². The highest BCUT2D eigenvalue weighted by Crippen LogP contribution is 2.43.